The van der Waals surface area contributed by atoms with E-state index in [9.17, 15) is 4.39 Å². The van der Waals surface area contributed by atoms with Crippen LogP contribution in [0.5, 0.6) is 0 Å². The number of rotatable bonds is 3. The molecule has 0 saturated carbocycles. The summed E-state index contributed by atoms with van der Waals surface area (Å²) in [5.74, 6) is -0.253. The number of para-hydroxylation sites is 1. The summed E-state index contributed by atoms with van der Waals surface area (Å²) in [6.45, 7) is 0.534. The Labute approximate surface area is 147 Å². The highest BCUT2D eigenvalue weighted by atomic mass is 79.9. The summed E-state index contributed by atoms with van der Waals surface area (Å²) in [6, 6.07) is 23.0. The fourth-order valence-electron chi connectivity index (χ4n) is 2.91. The summed E-state index contributed by atoms with van der Waals surface area (Å²) < 4.78 is 17.2. The van der Waals surface area contributed by atoms with Gasteiger partial charge in [-0.1, -0.05) is 70.5 Å². The van der Waals surface area contributed by atoms with Gasteiger partial charge in [0.25, 0.3) is 0 Å². The van der Waals surface area contributed by atoms with Gasteiger partial charge in [0.2, 0.25) is 0 Å². The molecule has 0 aliphatic rings. The van der Waals surface area contributed by atoms with E-state index in [1.54, 1.807) is 10.7 Å². The lowest BCUT2D eigenvalue weighted by Crippen LogP contribution is -2.02. The van der Waals surface area contributed by atoms with Gasteiger partial charge in [0, 0.05) is 15.4 Å². The lowest BCUT2D eigenvalue weighted by Gasteiger charge is -2.04. The largest absolute Gasteiger partial charge is 0.257 e. The Bertz CT molecular complexity index is 1010. The number of benzene rings is 3. The van der Waals surface area contributed by atoms with Crippen LogP contribution in [0.15, 0.2) is 77.3 Å². The van der Waals surface area contributed by atoms with E-state index in [0.717, 1.165) is 26.7 Å². The van der Waals surface area contributed by atoms with Gasteiger partial charge in [-0.05, 0) is 23.8 Å². The third-order valence-electron chi connectivity index (χ3n) is 3.99. The van der Waals surface area contributed by atoms with E-state index in [1.807, 2.05) is 60.7 Å². The molecular weight excluding hydrogens is 367 g/mol. The molecule has 0 bridgehead atoms. The Morgan fingerprint density at radius 2 is 1.71 bits per heavy atom. The molecule has 24 heavy (non-hydrogen) atoms. The lowest BCUT2D eigenvalue weighted by atomic mass is 10.1. The van der Waals surface area contributed by atoms with Crippen LogP contribution in [0.2, 0.25) is 0 Å². The number of hydrogen-bond donors (Lipinski definition) is 0. The van der Waals surface area contributed by atoms with Crippen LogP contribution in [-0.2, 0) is 6.54 Å². The van der Waals surface area contributed by atoms with Crippen molar-refractivity contribution in [3.05, 3.63) is 88.6 Å². The highest BCUT2D eigenvalue weighted by Gasteiger charge is 2.16. The van der Waals surface area contributed by atoms with Gasteiger partial charge in [0.05, 0.1) is 6.54 Å². The van der Waals surface area contributed by atoms with Gasteiger partial charge in [-0.25, -0.2) is 4.39 Å². The van der Waals surface area contributed by atoms with Gasteiger partial charge in [-0.3, -0.25) is 4.68 Å². The maximum absolute atomic E-state index is 14.5. The highest BCUT2D eigenvalue weighted by molar-refractivity contribution is 9.10. The molecule has 0 unspecified atom stereocenters. The summed E-state index contributed by atoms with van der Waals surface area (Å²) in [4.78, 5) is 0. The van der Waals surface area contributed by atoms with Crippen LogP contribution in [0, 0.1) is 5.82 Å². The molecule has 4 rings (SSSR count). The highest BCUT2D eigenvalue weighted by Crippen LogP contribution is 2.31. The van der Waals surface area contributed by atoms with Crippen LogP contribution >= 0.6 is 15.9 Å². The van der Waals surface area contributed by atoms with Crippen molar-refractivity contribution in [2.75, 3.05) is 0 Å². The van der Waals surface area contributed by atoms with Gasteiger partial charge >= 0.3 is 0 Å². The summed E-state index contributed by atoms with van der Waals surface area (Å²) in [5, 5.41) is 5.54. The van der Waals surface area contributed by atoms with Gasteiger partial charge < -0.3 is 0 Å². The summed E-state index contributed by atoms with van der Waals surface area (Å²) in [6.07, 6.45) is 0. The second kappa shape index (κ2) is 6.21. The van der Waals surface area contributed by atoms with E-state index in [0.29, 0.717) is 12.1 Å². The van der Waals surface area contributed by atoms with Crippen molar-refractivity contribution in [2.24, 2.45) is 0 Å². The van der Waals surface area contributed by atoms with Crippen LogP contribution in [-0.4, -0.2) is 9.78 Å². The maximum atomic E-state index is 14.5. The quantitative estimate of drug-likeness (QED) is 0.448. The monoisotopic (exact) mass is 380 g/mol. The molecule has 0 spiro atoms. The van der Waals surface area contributed by atoms with Crippen molar-refractivity contribution in [1.29, 1.82) is 0 Å². The summed E-state index contributed by atoms with van der Waals surface area (Å²) in [5.41, 5.74) is 3.38. The zero-order valence-corrected chi connectivity index (χ0v) is 14.4. The minimum atomic E-state index is -0.253. The van der Waals surface area contributed by atoms with Crippen molar-refractivity contribution >= 4 is 26.8 Å². The molecule has 3 aromatic carbocycles. The SMILES string of the molecule is Fc1cccc2c(-c3cccc(Br)c3)nn(Cc3ccccc3)c12. The Balaban J connectivity index is 1.91. The Morgan fingerprint density at radius 3 is 2.50 bits per heavy atom. The number of fused-ring (bicyclic) bond motifs is 1. The van der Waals surface area contributed by atoms with Crippen molar-refractivity contribution < 1.29 is 4.39 Å². The van der Waals surface area contributed by atoms with Crippen LogP contribution in [0.25, 0.3) is 22.2 Å². The Kier molecular flexibility index (Phi) is 3.90. The molecule has 0 N–H and O–H groups in total. The van der Waals surface area contributed by atoms with E-state index in [2.05, 4.69) is 15.9 Å². The molecule has 0 atom stereocenters. The molecule has 1 aromatic heterocycles. The molecule has 0 fully saturated rings. The van der Waals surface area contributed by atoms with Crippen LogP contribution in [0.4, 0.5) is 4.39 Å². The average molecular weight is 381 g/mol. The molecule has 1 heterocycles. The normalized spacial score (nSPS) is 11.1. The second-order valence-corrected chi connectivity index (χ2v) is 6.55. The molecule has 0 amide bonds. The first kappa shape index (κ1) is 15.1. The Morgan fingerprint density at radius 1 is 0.917 bits per heavy atom. The maximum Gasteiger partial charge on any atom is 0.149 e. The molecule has 0 radical (unpaired) electrons. The van der Waals surface area contributed by atoms with Gasteiger partial charge in [0.1, 0.15) is 17.0 Å². The minimum Gasteiger partial charge on any atom is -0.257 e. The first-order chi connectivity index (χ1) is 11.7. The number of nitrogens with zero attached hydrogens (tertiary/aromatic N) is 2. The first-order valence-corrected chi connectivity index (χ1v) is 8.46. The van der Waals surface area contributed by atoms with Crippen molar-refractivity contribution in [3.8, 4) is 11.3 Å². The van der Waals surface area contributed by atoms with E-state index in [4.69, 9.17) is 5.10 Å². The van der Waals surface area contributed by atoms with E-state index >= 15 is 0 Å². The predicted molar refractivity (Wildman–Crippen MR) is 98.4 cm³/mol. The molecular formula is C20H14BrFN2. The zero-order valence-electron chi connectivity index (χ0n) is 12.8. The fraction of sp³-hybridized carbons (Fsp3) is 0.0500. The third-order valence-corrected chi connectivity index (χ3v) is 4.49. The van der Waals surface area contributed by atoms with Crippen molar-refractivity contribution in [3.63, 3.8) is 0 Å². The van der Waals surface area contributed by atoms with Crippen LogP contribution in [0.1, 0.15) is 5.56 Å². The molecule has 2 nitrogen and oxygen atoms in total. The smallest absolute Gasteiger partial charge is 0.149 e. The van der Waals surface area contributed by atoms with Gasteiger partial charge in [-0.15, -0.1) is 0 Å². The molecule has 0 aliphatic carbocycles. The molecule has 4 aromatic rings. The molecule has 0 aliphatic heterocycles. The number of halogens is 2. The topological polar surface area (TPSA) is 17.8 Å². The second-order valence-electron chi connectivity index (χ2n) is 5.64. The number of hydrogen-bond acceptors (Lipinski definition) is 1. The fourth-order valence-corrected chi connectivity index (χ4v) is 3.31. The first-order valence-electron chi connectivity index (χ1n) is 7.67. The molecule has 0 saturated heterocycles. The molecule has 4 heteroatoms. The summed E-state index contributed by atoms with van der Waals surface area (Å²) >= 11 is 3.49. The van der Waals surface area contributed by atoms with E-state index < -0.39 is 0 Å². The lowest BCUT2D eigenvalue weighted by molar-refractivity contribution is 0.616. The van der Waals surface area contributed by atoms with E-state index in [-0.39, 0.29) is 5.82 Å². The predicted octanol–water partition coefficient (Wildman–Crippen LogP) is 5.65. The summed E-state index contributed by atoms with van der Waals surface area (Å²) in [7, 11) is 0. The third kappa shape index (κ3) is 2.74. The molecule has 118 valence electrons. The average Bonchev–Trinajstić information content (AvgIpc) is 2.96. The van der Waals surface area contributed by atoms with Crippen LogP contribution in [0.3, 0.4) is 0 Å². The van der Waals surface area contributed by atoms with E-state index in [1.165, 1.54) is 6.07 Å². The minimum absolute atomic E-state index is 0.253. The van der Waals surface area contributed by atoms with Gasteiger partial charge in [0.15, 0.2) is 0 Å². The van der Waals surface area contributed by atoms with Crippen molar-refractivity contribution in [2.45, 2.75) is 6.54 Å². The standard InChI is InChI=1S/C20H14BrFN2/c21-16-9-4-8-15(12-16)19-17-10-5-11-18(22)20(17)24(23-19)13-14-6-2-1-3-7-14/h1-12H,13H2. The Hall–Kier alpha value is -2.46. The van der Waals surface area contributed by atoms with Gasteiger partial charge in [-0.2, -0.15) is 5.10 Å². The van der Waals surface area contributed by atoms with Crippen molar-refractivity contribution in [1.82, 2.24) is 9.78 Å². The van der Waals surface area contributed by atoms with Crippen LogP contribution < -0.4 is 0 Å². The zero-order chi connectivity index (χ0) is 16.5. The number of aromatic nitrogens is 2.